The van der Waals surface area contributed by atoms with E-state index in [1.807, 2.05) is 0 Å². The molecule has 1 heterocycles. The minimum absolute atomic E-state index is 0.543. The first-order valence-corrected chi connectivity index (χ1v) is 6.99. The van der Waals surface area contributed by atoms with Crippen LogP contribution in [0.25, 0.3) is 0 Å². The SMILES string of the molecule is C=S1(=O)Cc2ccc(C(C)C)cc2C1. The average molecular weight is 208 g/mol. The van der Waals surface area contributed by atoms with Gasteiger partial charge in [0.25, 0.3) is 0 Å². The van der Waals surface area contributed by atoms with Gasteiger partial charge in [0.05, 0.1) is 0 Å². The second-order valence-electron chi connectivity index (χ2n) is 4.44. The largest absolute Gasteiger partial charge is 0.267 e. The lowest BCUT2D eigenvalue weighted by Crippen LogP contribution is -1.95. The molecule has 0 N–H and O–H groups in total. The minimum Gasteiger partial charge on any atom is -0.267 e. The molecule has 0 radical (unpaired) electrons. The van der Waals surface area contributed by atoms with Gasteiger partial charge in [-0.05, 0) is 38.0 Å². The van der Waals surface area contributed by atoms with Gasteiger partial charge in [-0.1, -0.05) is 32.0 Å². The van der Waals surface area contributed by atoms with Gasteiger partial charge in [-0.3, -0.25) is 4.21 Å². The molecule has 0 spiro atoms. The van der Waals surface area contributed by atoms with E-state index in [1.165, 1.54) is 16.7 Å². The minimum atomic E-state index is -1.85. The van der Waals surface area contributed by atoms with Crippen LogP contribution >= 0.6 is 0 Å². The molecule has 76 valence electrons. The maximum absolute atomic E-state index is 11.8. The molecular weight excluding hydrogens is 192 g/mol. The number of fused-ring (bicyclic) bond motifs is 1. The second-order valence-corrected chi connectivity index (χ2v) is 6.95. The standard InChI is InChI=1S/C12H16OS/c1-9(2)10-4-5-11-7-14(3,13)8-12(11)6-10/h4-6,9H,3,7-8H2,1-2H3. The van der Waals surface area contributed by atoms with Crippen molar-refractivity contribution in [2.24, 2.45) is 0 Å². The number of rotatable bonds is 1. The molecule has 2 heteroatoms. The molecular formula is C12H16OS. The van der Waals surface area contributed by atoms with Crippen LogP contribution in [0, 0.1) is 0 Å². The van der Waals surface area contributed by atoms with E-state index >= 15 is 0 Å². The summed E-state index contributed by atoms with van der Waals surface area (Å²) < 4.78 is 11.8. The summed E-state index contributed by atoms with van der Waals surface area (Å²) in [5.41, 5.74) is 3.81. The number of hydrogen-bond donors (Lipinski definition) is 0. The molecule has 0 saturated heterocycles. The summed E-state index contributed by atoms with van der Waals surface area (Å²) in [5.74, 6) is 5.67. The summed E-state index contributed by atoms with van der Waals surface area (Å²) in [6, 6.07) is 6.45. The molecule has 1 aliphatic heterocycles. The third-order valence-electron chi connectivity index (χ3n) is 2.73. The third-order valence-corrected chi connectivity index (χ3v) is 4.41. The van der Waals surface area contributed by atoms with Gasteiger partial charge in [0.15, 0.2) is 0 Å². The summed E-state index contributed by atoms with van der Waals surface area (Å²) in [4.78, 5) is 0. The lowest BCUT2D eigenvalue weighted by atomic mass is 9.99. The molecule has 0 aromatic heterocycles. The molecule has 1 atom stereocenters. The molecule has 1 aromatic carbocycles. The first-order chi connectivity index (χ1) is 6.48. The Hall–Kier alpha value is -0.760. The molecule has 2 rings (SSSR count). The predicted molar refractivity (Wildman–Crippen MR) is 63.2 cm³/mol. The molecule has 0 bridgehead atoms. The van der Waals surface area contributed by atoms with E-state index in [-0.39, 0.29) is 0 Å². The van der Waals surface area contributed by atoms with Crippen LogP contribution in [0.5, 0.6) is 0 Å². The van der Waals surface area contributed by atoms with Gasteiger partial charge in [-0.25, -0.2) is 0 Å². The topological polar surface area (TPSA) is 17.1 Å². The van der Waals surface area contributed by atoms with Crippen molar-refractivity contribution < 1.29 is 4.21 Å². The van der Waals surface area contributed by atoms with E-state index < -0.39 is 9.52 Å². The molecule has 1 nitrogen and oxygen atoms in total. The van der Waals surface area contributed by atoms with Gasteiger partial charge in [0.2, 0.25) is 0 Å². The molecule has 0 aliphatic carbocycles. The van der Waals surface area contributed by atoms with Crippen LogP contribution in [0.1, 0.15) is 36.5 Å². The molecule has 14 heavy (non-hydrogen) atoms. The van der Waals surface area contributed by atoms with Crippen LogP contribution in [0.2, 0.25) is 0 Å². The second kappa shape index (κ2) is 3.13. The van der Waals surface area contributed by atoms with Crippen LogP contribution in [0.3, 0.4) is 0 Å². The predicted octanol–water partition coefficient (Wildman–Crippen LogP) is 2.54. The van der Waals surface area contributed by atoms with Crippen molar-refractivity contribution in [3.63, 3.8) is 0 Å². The van der Waals surface area contributed by atoms with Crippen molar-refractivity contribution in [3.05, 3.63) is 34.9 Å². The Kier molecular flexibility index (Phi) is 2.18. The van der Waals surface area contributed by atoms with Crippen molar-refractivity contribution in [1.29, 1.82) is 0 Å². The number of hydrogen-bond acceptors (Lipinski definition) is 1. The quantitative estimate of drug-likeness (QED) is 0.648. The van der Waals surface area contributed by atoms with Gasteiger partial charge in [0.1, 0.15) is 0 Å². The highest BCUT2D eigenvalue weighted by atomic mass is 32.2. The molecule has 1 aromatic rings. The normalized spacial score (nSPS) is 25.4. The van der Waals surface area contributed by atoms with Gasteiger partial charge < -0.3 is 0 Å². The van der Waals surface area contributed by atoms with E-state index in [0.717, 1.165) is 0 Å². The Bertz CT molecular complexity index is 455. The lowest BCUT2D eigenvalue weighted by Gasteiger charge is -2.06. The Morgan fingerprint density at radius 1 is 1.29 bits per heavy atom. The van der Waals surface area contributed by atoms with Crippen LogP contribution in [0.15, 0.2) is 18.2 Å². The molecule has 0 saturated carbocycles. The molecule has 0 amide bonds. The van der Waals surface area contributed by atoms with Crippen molar-refractivity contribution in [1.82, 2.24) is 0 Å². The van der Waals surface area contributed by atoms with E-state index in [9.17, 15) is 4.21 Å². The first-order valence-electron chi connectivity index (χ1n) is 4.92. The fourth-order valence-corrected chi connectivity index (χ4v) is 3.68. The van der Waals surface area contributed by atoms with E-state index in [4.69, 9.17) is 0 Å². The van der Waals surface area contributed by atoms with Crippen molar-refractivity contribution in [3.8, 4) is 0 Å². The highest BCUT2D eigenvalue weighted by Gasteiger charge is 2.19. The van der Waals surface area contributed by atoms with Crippen LogP contribution < -0.4 is 0 Å². The van der Waals surface area contributed by atoms with Crippen molar-refractivity contribution in [2.45, 2.75) is 31.3 Å². The molecule has 0 fully saturated rings. The Balaban J connectivity index is 2.45. The summed E-state index contributed by atoms with van der Waals surface area (Å²) in [7, 11) is -1.85. The summed E-state index contributed by atoms with van der Waals surface area (Å²) >= 11 is 0. The summed E-state index contributed by atoms with van der Waals surface area (Å²) in [6.07, 6.45) is 0. The lowest BCUT2D eigenvalue weighted by molar-refractivity contribution is 0.682. The fourth-order valence-electron chi connectivity index (χ4n) is 1.90. The summed E-state index contributed by atoms with van der Waals surface area (Å²) in [5, 5.41) is 0. The monoisotopic (exact) mass is 208 g/mol. The van der Waals surface area contributed by atoms with Gasteiger partial charge >= 0.3 is 0 Å². The van der Waals surface area contributed by atoms with Crippen LogP contribution in [-0.4, -0.2) is 10.1 Å². The maximum atomic E-state index is 11.8. The zero-order chi connectivity index (χ0) is 10.3. The highest BCUT2D eigenvalue weighted by molar-refractivity contribution is 7.99. The van der Waals surface area contributed by atoms with Gasteiger partial charge in [0, 0.05) is 11.5 Å². The van der Waals surface area contributed by atoms with Crippen LogP contribution in [0.4, 0.5) is 0 Å². The fraction of sp³-hybridized carbons (Fsp3) is 0.417. The Morgan fingerprint density at radius 2 is 1.93 bits per heavy atom. The smallest absolute Gasteiger partial charge is 0.0416 e. The Labute approximate surface area is 86.2 Å². The Morgan fingerprint density at radius 3 is 2.57 bits per heavy atom. The average Bonchev–Trinajstić information content (AvgIpc) is 2.36. The first kappa shape index (κ1) is 9.78. The third kappa shape index (κ3) is 1.71. The van der Waals surface area contributed by atoms with Crippen LogP contribution in [-0.2, 0) is 21.0 Å². The summed E-state index contributed by atoms with van der Waals surface area (Å²) in [6.45, 7) is 4.36. The van der Waals surface area contributed by atoms with Gasteiger partial charge in [-0.2, -0.15) is 0 Å². The van der Waals surface area contributed by atoms with Crippen molar-refractivity contribution >= 4 is 15.4 Å². The van der Waals surface area contributed by atoms with Crippen molar-refractivity contribution in [2.75, 3.05) is 0 Å². The number of benzene rings is 1. The van der Waals surface area contributed by atoms with E-state index in [1.54, 1.807) is 0 Å². The van der Waals surface area contributed by atoms with Gasteiger partial charge in [-0.15, -0.1) is 0 Å². The van der Waals surface area contributed by atoms with E-state index in [0.29, 0.717) is 17.4 Å². The zero-order valence-corrected chi connectivity index (χ0v) is 9.56. The highest BCUT2D eigenvalue weighted by Crippen LogP contribution is 2.28. The van der Waals surface area contributed by atoms with E-state index in [2.05, 4.69) is 37.9 Å². The molecule has 1 unspecified atom stereocenters. The zero-order valence-electron chi connectivity index (χ0n) is 8.75. The maximum Gasteiger partial charge on any atom is 0.0416 e. The molecule has 1 aliphatic rings.